The zero-order valence-electron chi connectivity index (χ0n) is 13.3. The molecule has 0 atom stereocenters. The SMILES string of the molecule is CCCCCSc1nc(=O)c2sc(NCCNC(C)=O)nc2[nH]1. The summed E-state index contributed by atoms with van der Waals surface area (Å²) in [6, 6.07) is 0. The summed E-state index contributed by atoms with van der Waals surface area (Å²) in [5.74, 6) is 0.869. The Kier molecular flexibility index (Phi) is 6.85. The Balaban J connectivity index is 1.99. The molecule has 2 aromatic rings. The van der Waals surface area contributed by atoms with Crippen molar-refractivity contribution >= 4 is 44.5 Å². The van der Waals surface area contributed by atoms with E-state index >= 15 is 0 Å². The lowest BCUT2D eigenvalue weighted by Gasteiger charge is -2.02. The van der Waals surface area contributed by atoms with E-state index in [4.69, 9.17) is 0 Å². The van der Waals surface area contributed by atoms with Gasteiger partial charge in [0.2, 0.25) is 5.91 Å². The number of thiazole rings is 1. The number of thioether (sulfide) groups is 1. The van der Waals surface area contributed by atoms with Crippen LogP contribution in [0.1, 0.15) is 33.1 Å². The average molecular weight is 355 g/mol. The minimum absolute atomic E-state index is 0.0692. The number of nitrogens with zero attached hydrogens (tertiary/aromatic N) is 2. The van der Waals surface area contributed by atoms with Crippen LogP contribution in [0.3, 0.4) is 0 Å². The summed E-state index contributed by atoms with van der Waals surface area (Å²) in [4.78, 5) is 34.4. The smallest absolute Gasteiger partial charge is 0.293 e. The van der Waals surface area contributed by atoms with Gasteiger partial charge in [0.25, 0.3) is 5.56 Å². The fourth-order valence-corrected chi connectivity index (χ4v) is 3.58. The van der Waals surface area contributed by atoms with Crippen molar-refractivity contribution in [3.8, 4) is 0 Å². The van der Waals surface area contributed by atoms with Gasteiger partial charge in [-0.15, -0.1) is 0 Å². The van der Waals surface area contributed by atoms with Gasteiger partial charge < -0.3 is 15.6 Å². The van der Waals surface area contributed by atoms with E-state index < -0.39 is 0 Å². The Morgan fingerprint density at radius 2 is 2.13 bits per heavy atom. The molecule has 3 N–H and O–H groups in total. The molecule has 2 aromatic heterocycles. The molecule has 0 aliphatic carbocycles. The summed E-state index contributed by atoms with van der Waals surface area (Å²) >= 11 is 2.83. The van der Waals surface area contributed by atoms with E-state index in [9.17, 15) is 9.59 Å². The van der Waals surface area contributed by atoms with Crippen molar-refractivity contribution in [2.24, 2.45) is 0 Å². The van der Waals surface area contributed by atoms with Crippen molar-refractivity contribution in [3.05, 3.63) is 10.4 Å². The molecule has 0 aliphatic heterocycles. The van der Waals surface area contributed by atoms with Gasteiger partial charge in [-0.25, -0.2) is 4.98 Å². The number of rotatable bonds is 9. The molecule has 23 heavy (non-hydrogen) atoms. The van der Waals surface area contributed by atoms with E-state index in [0.29, 0.717) is 33.7 Å². The number of unbranched alkanes of at least 4 members (excludes halogenated alkanes) is 2. The third kappa shape index (κ3) is 5.51. The van der Waals surface area contributed by atoms with Crippen LogP contribution in [0, 0.1) is 0 Å². The van der Waals surface area contributed by atoms with Gasteiger partial charge >= 0.3 is 0 Å². The molecular weight excluding hydrogens is 334 g/mol. The van der Waals surface area contributed by atoms with Crippen molar-refractivity contribution < 1.29 is 4.79 Å². The highest BCUT2D eigenvalue weighted by molar-refractivity contribution is 7.99. The number of H-pyrrole nitrogens is 1. The molecule has 7 nitrogen and oxygen atoms in total. The van der Waals surface area contributed by atoms with Gasteiger partial charge in [0.1, 0.15) is 4.70 Å². The highest BCUT2D eigenvalue weighted by atomic mass is 32.2. The molecule has 0 saturated carbocycles. The van der Waals surface area contributed by atoms with Gasteiger partial charge in [-0.2, -0.15) is 4.98 Å². The Morgan fingerprint density at radius 3 is 2.87 bits per heavy atom. The van der Waals surface area contributed by atoms with Gasteiger partial charge in [-0.05, 0) is 6.42 Å². The van der Waals surface area contributed by atoms with Gasteiger partial charge in [-0.1, -0.05) is 42.9 Å². The first-order valence-electron chi connectivity index (χ1n) is 7.62. The molecule has 126 valence electrons. The number of fused-ring (bicyclic) bond motifs is 1. The van der Waals surface area contributed by atoms with E-state index in [0.717, 1.165) is 12.2 Å². The Morgan fingerprint density at radius 1 is 1.30 bits per heavy atom. The molecule has 0 aromatic carbocycles. The fraction of sp³-hybridized carbons (Fsp3) is 0.571. The van der Waals surface area contributed by atoms with Crippen molar-refractivity contribution in [1.29, 1.82) is 0 Å². The van der Waals surface area contributed by atoms with Gasteiger partial charge in [0.05, 0.1) is 0 Å². The van der Waals surface area contributed by atoms with Crippen molar-refractivity contribution in [2.45, 2.75) is 38.3 Å². The first-order chi connectivity index (χ1) is 11.1. The van der Waals surface area contributed by atoms with Crippen molar-refractivity contribution in [3.63, 3.8) is 0 Å². The van der Waals surface area contributed by atoms with Crippen LogP contribution in [0.15, 0.2) is 9.95 Å². The number of aromatic amines is 1. The van der Waals surface area contributed by atoms with E-state index in [-0.39, 0.29) is 11.5 Å². The van der Waals surface area contributed by atoms with Crippen LogP contribution in [-0.4, -0.2) is 39.7 Å². The molecule has 0 saturated heterocycles. The Hall–Kier alpha value is -1.61. The maximum absolute atomic E-state index is 12.1. The molecule has 0 bridgehead atoms. The zero-order valence-corrected chi connectivity index (χ0v) is 14.9. The number of hydrogen-bond donors (Lipinski definition) is 3. The monoisotopic (exact) mass is 355 g/mol. The quantitative estimate of drug-likeness (QED) is 0.362. The van der Waals surface area contributed by atoms with Crippen LogP contribution in [0.25, 0.3) is 10.3 Å². The lowest BCUT2D eigenvalue weighted by molar-refractivity contribution is -0.118. The summed E-state index contributed by atoms with van der Waals surface area (Å²) < 4.78 is 0.518. The number of aromatic nitrogens is 3. The Bertz CT molecular complexity index is 713. The molecule has 0 aliphatic rings. The third-order valence-electron chi connectivity index (χ3n) is 3.01. The number of amides is 1. The zero-order chi connectivity index (χ0) is 16.7. The van der Waals surface area contributed by atoms with Gasteiger partial charge in [0.15, 0.2) is 15.9 Å². The van der Waals surface area contributed by atoms with Crippen LogP contribution >= 0.6 is 23.1 Å². The highest BCUT2D eigenvalue weighted by Crippen LogP contribution is 2.23. The third-order valence-corrected chi connectivity index (χ3v) is 4.97. The second-order valence-electron chi connectivity index (χ2n) is 5.01. The highest BCUT2D eigenvalue weighted by Gasteiger charge is 2.10. The lowest BCUT2D eigenvalue weighted by Crippen LogP contribution is -2.26. The topological polar surface area (TPSA) is 99.8 Å². The number of nitrogens with one attached hydrogen (secondary N) is 3. The number of anilines is 1. The van der Waals surface area contributed by atoms with E-state index in [2.05, 4.69) is 32.5 Å². The lowest BCUT2D eigenvalue weighted by atomic mass is 10.3. The summed E-state index contributed by atoms with van der Waals surface area (Å²) in [5.41, 5.74) is 0.319. The average Bonchev–Trinajstić information content (AvgIpc) is 2.91. The minimum atomic E-state index is -0.246. The van der Waals surface area contributed by atoms with Crippen LogP contribution < -0.4 is 16.2 Å². The summed E-state index contributed by atoms with van der Waals surface area (Å²) in [6.45, 7) is 4.70. The number of hydrogen-bond acceptors (Lipinski definition) is 7. The fourth-order valence-electron chi connectivity index (χ4n) is 1.89. The van der Waals surface area contributed by atoms with Gasteiger partial charge in [0, 0.05) is 25.8 Å². The predicted octanol–water partition coefficient (Wildman–Crippen LogP) is 2.21. The predicted molar refractivity (Wildman–Crippen MR) is 95.5 cm³/mol. The van der Waals surface area contributed by atoms with E-state index in [1.54, 1.807) is 11.8 Å². The molecule has 0 fully saturated rings. The number of carbonyl (C=O) groups excluding carboxylic acids is 1. The van der Waals surface area contributed by atoms with Gasteiger partial charge in [-0.3, -0.25) is 9.59 Å². The molecule has 2 rings (SSSR count). The van der Waals surface area contributed by atoms with Crippen LogP contribution in [0.4, 0.5) is 5.13 Å². The second kappa shape index (κ2) is 8.88. The molecule has 9 heteroatoms. The first-order valence-corrected chi connectivity index (χ1v) is 9.42. The normalized spacial score (nSPS) is 10.9. The summed E-state index contributed by atoms with van der Waals surface area (Å²) in [7, 11) is 0. The molecule has 0 radical (unpaired) electrons. The summed E-state index contributed by atoms with van der Waals surface area (Å²) in [6.07, 6.45) is 3.46. The molecule has 1 amide bonds. The van der Waals surface area contributed by atoms with Crippen molar-refractivity contribution in [1.82, 2.24) is 20.3 Å². The Labute approximate surface area is 142 Å². The maximum Gasteiger partial charge on any atom is 0.293 e. The molecule has 0 unspecified atom stereocenters. The summed E-state index contributed by atoms with van der Waals surface area (Å²) in [5, 5.41) is 7.05. The number of carbonyl (C=O) groups is 1. The maximum atomic E-state index is 12.1. The second-order valence-corrected chi connectivity index (χ2v) is 7.09. The first kappa shape index (κ1) is 17.7. The van der Waals surface area contributed by atoms with E-state index in [1.807, 2.05) is 0 Å². The molecular formula is C14H21N5O2S2. The van der Waals surface area contributed by atoms with E-state index in [1.165, 1.54) is 31.1 Å². The minimum Gasteiger partial charge on any atom is -0.360 e. The van der Waals surface area contributed by atoms with Crippen LogP contribution in [-0.2, 0) is 4.79 Å². The largest absolute Gasteiger partial charge is 0.360 e. The van der Waals surface area contributed by atoms with Crippen LogP contribution in [0.2, 0.25) is 0 Å². The standard InChI is InChI=1S/C14H21N5O2S2/c1-3-4-5-8-22-14-18-11-10(12(21)19-14)23-13(17-11)16-7-6-15-9(2)20/h3-8H2,1-2H3,(H,15,20)(H2,16,17,18,19,21). The molecule has 2 heterocycles. The molecule has 0 spiro atoms. The van der Waals surface area contributed by atoms with Crippen LogP contribution in [0.5, 0.6) is 0 Å². The van der Waals surface area contributed by atoms with Crippen molar-refractivity contribution in [2.75, 3.05) is 24.2 Å².